The number of aliphatic hydroxyl groups is 1. The zero-order valence-corrected chi connectivity index (χ0v) is 24.9. The van der Waals surface area contributed by atoms with Gasteiger partial charge < -0.3 is 19.5 Å². The van der Waals surface area contributed by atoms with Crippen LogP contribution in [0.5, 0.6) is 0 Å². The molecule has 2 saturated carbocycles. The molecule has 3 aromatic rings. The lowest BCUT2D eigenvalue weighted by atomic mass is 9.62. The van der Waals surface area contributed by atoms with E-state index in [4.69, 9.17) is 44.1 Å². The molecule has 2 N–H and O–H groups in total. The molecule has 0 saturated heterocycles. The number of hydrogen-bond donors (Lipinski definition) is 2. The van der Waals surface area contributed by atoms with Crippen LogP contribution in [0.2, 0.25) is 10.0 Å². The van der Waals surface area contributed by atoms with Crippen LogP contribution in [0.3, 0.4) is 0 Å². The third-order valence-electron chi connectivity index (χ3n) is 8.26. The van der Waals surface area contributed by atoms with E-state index < -0.39 is 11.6 Å². The molecule has 2 heterocycles. The minimum absolute atomic E-state index is 0.00131. The van der Waals surface area contributed by atoms with Crippen LogP contribution in [-0.4, -0.2) is 36.7 Å². The Kier molecular flexibility index (Phi) is 7.47. The van der Waals surface area contributed by atoms with Crippen molar-refractivity contribution in [3.63, 3.8) is 0 Å². The van der Waals surface area contributed by atoms with Crippen molar-refractivity contribution in [2.75, 3.05) is 0 Å². The number of carboxylic acid groups (broad SMARTS) is 1. The largest absolute Gasteiger partial charge is 0.489 e. The Morgan fingerprint density at radius 3 is 2.51 bits per heavy atom. The molecule has 6 rings (SSSR count). The van der Waals surface area contributed by atoms with Gasteiger partial charge in [0, 0.05) is 40.1 Å². The number of benzene rings is 1. The molecule has 2 fully saturated rings. The number of rotatable bonds is 9. The summed E-state index contributed by atoms with van der Waals surface area (Å²) in [7, 11) is 0. The van der Waals surface area contributed by atoms with Crippen molar-refractivity contribution in [1.29, 1.82) is 0 Å². The Morgan fingerprint density at radius 1 is 1.20 bits per heavy atom. The zero-order chi connectivity index (χ0) is 29.1. The number of hydrogen-bond acceptors (Lipinski definition) is 6. The van der Waals surface area contributed by atoms with Crippen LogP contribution >= 0.6 is 34.8 Å². The number of ether oxygens (including phenoxy) is 1. The van der Waals surface area contributed by atoms with Crippen LogP contribution in [0.15, 0.2) is 51.7 Å². The van der Waals surface area contributed by atoms with Crippen LogP contribution in [-0.2, 0) is 11.3 Å². The summed E-state index contributed by atoms with van der Waals surface area (Å²) in [6, 6.07) is 6.94. The van der Waals surface area contributed by atoms with E-state index in [1.807, 2.05) is 19.9 Å². The van der Waals surface area contributed by atoms with Gasteiger partial charge in [-0.3, -0.25) is 4.68 Å². The van der Waals surface area contributed by atoms with E-state index in [9.17, 15) is 15.0 Å². The SMILES string of the molecule is CC(C)n1nc(C(=O)O)cc1C1CC(O)(C2CC=C(OCc3c(-c4c(Cl)cccc4Cl)noc3C3CC3)C=C2Cl)C1. The van der Waals surface area contributed by atoms with E-state index in [0.717, 1.165) is 29.9 Å². The lowest BCUT2D eigenvalue weighted by molar-refractivity contribution is -0.0853. The highest BCUT2D eigenvalue weighted by atomic mass is 35.5. The van der Waals surface area contributed by atoms with Gasteiger partial charge in [0.15, 0.2) is 5.69 Å². The summed E-state index contributed by atoms with van der Waals surface area (Å²) in [4.78, 5) is 11.5. The van der Waals surface area contributed by atoms with Crippen LogP contribution in [0.25, 0.3) is 11.3 Å². The van der Waals surface area contributed by atoms with Gasteiger partial charge in [-0.25, -0.2) is 4.79 Å². The number of nitrogens with zero attached hydrogens (tertiary/aromatic N) is 3. The molecule has 3 aliphatic carbocycles. The van der Waals surface area contributed by atoms with Crippen molar-refractivity contribution >= 4 is 40.8 Å². The maximum Gasteiger partial charge on any atom is 0.356 e. The molecule has 11 heteroatoms. The normalized spacial score (nSPS) is 24.2. The minimum atomic E-state index is -1.06. The molecule has 1 atom stereocenters. The van der Waals surface area contributed by atoms with Crippen molar-refractivity contribution < 1.29 is 24.3 Å². The molecule has 0 aliphatic heterocycles. The van der Waals surface area contributed by atoms with E-state index in [1.165, 1.54) is 0 Å². The predicted molar refractivity (Wildman–Crippen MR) is 155 cm³/mol. The smallest absolute Gasteiger partial charge is 0.356 e. The summed E-state index contributed by atoms with van der Waals surface area (Å²) < 4.78 is 13.7. The fourth-order valence-electron chi connectivity index (χ4n) is 5.94. The third kappa shape index (κ3) is 5.31. The molecular formula is C30H30Cl3N3O5. The first-order valence-electron chi connectivity index (χ1n) is 13.7. The first-order chi connectivity index (χ1) is 19.6. The van der Waals surface area contributed by atoms with E-state index in [0.29, 0.717) is 57.3 Å². The Morgan fingerprint density at radius 2 is 1.90 bits per heavy atom. The topological polar surface area (TPSA) is 111 Å². The monoisotopic (exact) mass is 617 g/mol. The van der Waals surface area contributed by atoms with Gasteiger partial charge in [0.1, 0.15) is 23.8 Å². The molecule has 8 nitrogen and oxygen atoms in total. The summed E-state index contributed by atoms with van der Waals surface area (Å²) in [6.07, 6.45) is 7.21. The van der Waals surface area contributed by atoms with Crippen molar-refractivity contribution in [2.45, 2.75) is 76.0 Å². The molecule has 0 bridgehead atoms. The standard InChI is InChI=1S/C30H30Cl3N3O5/c1-15(2)36-25(11-24(34-36)29(37)38)17-12-30(39,13-17)20-9-8-18(10-23(20)33)40-14-19-27(35-41-28(19)16-6-7-16)26-21(31)4-3-5-22(26)32/h3-5,8,10-11,15-17,20,39H,6-7,9,12-14H2,1-2H3,(H,37,38). The maximum atomic E-state index is 11.5. The second-order valence-electron chi connectivity index (χ2n) is 11.5. The fourth-order valence-corrected chi connectivity index (χ4v) is 6.92. The summed E-state index contributed by atoms with van der Waals surface area (Å²) in [6.45, 7) is 4.12. The second kappa shape index (κ2) is 10.8. The number of allylic oxidation sites excluding steroid dienone is 2. The average Bonchev–Trinajstić information content (AvgIpc) is 3.50. The highest BCUT2D eigenvalue weighted by molar-refractivity contribution is 6.39. The second-order valence-corrected chi connectivity index (χ2v) is 12.7. The van der Waals surface area contributed by atoms with Crippen molar-refractivity contribution in [2.24, 2.45) is 5.92 Å². The summed E-state index contributed by atoms with van der Waals surface area (Å²) >= 11 is 19.7. The summed E-state index contributed by atoms with van der Waals surface area (Å²) in [5, 5.41) is 30.9. The van der Waals surface area contributed by atoms with E-state index in [2.05, 4.69) is 10.3 Å². The molecule has 1 aromatic carbocycles. The average molecular weight is 619 g/mol. The van der Waals surface area contributed by atoms with Gasteiger partial charge in [-0.2, -0.15) is 5.10 Å². The lowest BCUT2D eigenvalue weighted by Crippen LogP contribution is -2.49. The van der Waals surface area contributed by atoms with Crippen molar-refractivity contribution in [3.05, 3.63) is 80.0 Å². The predicted octanol–water partition coefficient (Wildman–Crippen LogP) is 7.85. The first kappa shape index (κ1) is 28.3. The van der Waals surface area contributed by atoms with Gasteiger partial charge in [-0.1, -0.05) is 46.0 Å². The Bertz CT molecular complexity index is 1540. The Balaban J connectivity index is 1.15. The van der Waals surface area contributed by atoms with Gasteiger partial charge in [0.2, 0.25) is 0 Å². The van der Waals surface area contributed by atoms with Crippen molar-refractivity contribution in [1.82, 2.24) is 14.9 Å². The van der Waals surface area contributed by atoms with Crippen LogP contribution < -0.4 is 0 Å². The molecule has 41 heavy (non-hydrogen) atoms. The van der Waals surface area contributed by atoms with E-state index in [-0.39, 0.29) is 30.2 Å². The van der Waals surface area contributed by atoms with Crippen LogP contribution in [0, 0.1) is 5.92 Å². The molecule has 2 aromatic heterocycles. The fraction of sp³-hybridized carbons (Fsp3) is 0.433. The number of carbonyl (C=O) groups is 1. The van der Waals surface area contributed by atoms with Gasteiger partial charge in [0.05, 0.1) is 21.2 Å². The minimum Gasteiger partial charge on any atom is -0.489 e. The molecule has 0 radical (unpaired) electrons. The van der Waals surface area contributed by atoms with Gasteiger partial charge >= 0.3 is 5.97 Å². The molecule has 0 spiro atoms. The van der Waals surface area contributed by atoms with Gasteiger partial charge in [-0.15, -0.1) is 0 Å². The highest BCUT2D eigenvalue weighted by Gasteiger charge is 2.51. The molecule has 216 valence electrons. The van der Waals surface area contributed by atoms with E-state index >= 15 is 0 Å². The molecule has 3 aliphatic rings. The summed E-state index contributed by atoms with van der Waals surface area (Å²) in [5.41, 5.74) is 1.85. The molecule has 0 amide bonds. The Labute approximate surface area is 252 Å². The highest BCUT2D eigenvalue weighted by Crippen LogP contribution is 2.53. The number of aromatic carboxylic acids is 1. The zero-order valence-electron chi connectivity index (χ0n) is 22.6. The van der Waals surface area contributed by atoms with Crippen LogP contribution in [0.4, 0.5) is 0 Å². The van der Waals surface area contributed by atoms with E-state index in [1.54, 1.807) is 35.0 Å². The van der Waals surface area contributed by atoms with Crippen molar-refractivity contribution in [3.8, 4) is 11.3 Å². The first-order valence-corrected chi connectivity index (χ1v) is 14.9. The Hall–Kier alpha value is -2.78. The van der Waals surface area contributed by atoms with Gasteiger partial charge in [0.25, 0.3) is 0 Å². The number of aromatic nitrogens is 3. The molecular weight excluding hydrogens is 589 g/mol. The maximum absolute atomic E-state index is 11.5. The lowest BCUT2D eigenvalue weighted by Gasteiger charge is -2.49. The molecule has 1 unspecified atom stereocenters. The third-order valence-corrected chi connectivity index (χ3v) is 9.26. The van der Waals surface area contributed by atoms with Gasteiger partial charge in [-0.05, 0) is 76.3 Å². The number of halogens is 3. The van der Waals surface area contributed by atoms with Crippen LogP contribution in [0.1, 0.15) is 91.3 Å². The quantitative estimate of drug-likeness (QED) is 0.251. The summed E-state index contributed by atoms with van der Waals surface area (Å²) in [5.74, 6) is 0.361. The number of carboxylic acids is 1.